The number of carbonyl (C=O) groups excluding carboxylic acids is 2. The van der Waals surface area contributed by atoms with Crippen LogP contribution in [0.15, 0.2) is 47.5 Å². The summed E-state index contributed by atoms with van der Waals surface area (Å²) in [6, 6.07) is 12.5. The topological polar surface area (TPSA) is 106 Å². The number of guanidine groups is 1. The van der Waals surface area contributed by atoms with Crippen molar-refractivity contribution in [2.75, 3.05) is 27.3 Å². The highest BCUT2D eigenvalue weighted by atomic mass is 16.5. The number of imide groups is 1. The zero-order chi connectivity index (χ0) is 21.5. The zero-order valence-corrected chi connectivity index (χ0v) is 17.2. The third-order valence-electron chi connectivity index (χ3n) is 4.87. The Kier molecular flexibility index (Phi) is 6.90. The smallest absolute Gasteiger partial charge is 0.261 e. The molecule has 8 heteroatoms. The van der Waals surface area contributed by atoms with Crippen molar-refractivity contribution in [1.82, 2.24) is 10.2 Å². The van der Waals surface area contributed by atoms with Gasteiger partial charge in [-0.3, -0.25) is 14.5 Å². The lowest BCUT2D eigenvalue weighted by Crippen LogP contribution is -2.34. The fourth-order valence-electron chi connectivity index (χ4n) is 3.26. The molecule has 0 saturated carbocycles. The number of carbonyl (C=O) groups is 2. The van der Waals surface area contributed by atoms with Crippen LogP contribution in [0.5, 0.6) is 11.5 Å². The summed E-state index contributed by atoms with van der Waals surface area (Å²) in [6.45, 7) is 1.40. The summed E-state index contributed by atoms with van der Waals surface area (Å²) in [5.74, 6) is 1.20. The lowest BCUT2D eigenvalue weighted by atomic mass is 10.1. The maximum Gasteiger partial charge on any atom is 0.261 e. The van der Waals surface area contributed by atoms with Crippen molar-refractivity contribution in [1.29, 1.82) is 0 Å². The molecule has 8 nitrogen and oxygen atoms in total. The van der Waals surface area contributed by atoms with Crippen LogP contribution in [0, 0.1) is 0 Å². The van der Waals surface area contributed by atoms with E-state index < -0.39 is 0 Å². The highest BCUT2D eigenvalue weighted by molar-refractivity contribution is 6.21. The van der Waals surface area contributed by atoms with Crippen LogP contribution in [-0.4, -0.2) is 50.0 Å². The number of amides is 2. The van der Waals surface area contributed by atoms with Gasteiger partial charge in [-0.15, -0.1) is 0 Å². The predicted molar refractivity (Wildman–Crippen MR) is 114 cm³/mol. The first-order chi connectivity index (χ1) is 14.5. The van der Waals surface area contributed by atoms with Crippen LogP contribution in [0.2, 0.25) is 0 Å². The number of rotatable bonds is 9. The second-order valence-electron chi connectivity index (χ2n) is 6.83. The number of hydrogen-bond acceptors (Lipinski definition) is 5. The first kappa shape index (κ1) is 21.2. The van der Waals surface area contributed by atoms with Crippen LogP contribution in [0.3, 0.4) is 0 Å². The van der Waals surface area contributed by atoms with Gasteiger partial charge in [0, 0.05) is 13.1 Å². The molecule has 0 atom stereocenters. The minimum Gasteiger partial charge on any atom is -0.493 e. The number of nitrogens with one attached hydrogen (secondary N) is 1. The van der Waals surface area contributed by atoms with E-state index in [2.05, 4.69) is 10.3 Å². The largest absolute Gasteiger partial charge is 0.493 e. The van der Waals surface area contributed by atoms with E-state index in [4.69, 9.17) is 15.2 Å². The van der Waals surface area contributed by atoms with E-state index >= 15 is 0 Å². The van der Waals surface area contributed by atoms with E-state index in [-0.39, 0.29) is 11.8 Å². The number of aliphatic imine (C=N–C) groups is 1. The van der Waals surface area contributed by atoms with Crippen molar-refractivity contribution in [3.05, 3.63) is 59.2 Å². The lowest BCUT2D eigenvalue weighted by Gasteiger charge is -2.13. The number of unbranched alkanes of at least 4 members (excludes halogenated alkanes) is 1. The highest BCUT2D eigenvalue weighted by Crippen LogP contribution is 2.27. The zero-order valence-electron chi connectivity index (χ0n) is 17.2. The van der Waals surface area contributed by atoms with E-state index in [1.807, 2.05) is 18.2 Å². The summed E-state index contributed by atoms with van der Waals surface area (Å²) in [5.41, 5.74) is 7.82. The van der Waals surface area contributed by atoms with Gasteiger partial charge in [-0.2, -0.15) is 0 Å². The molecule has 0 fully saturated rings. The summed E-state index contributed by atoms with van der Waals surface area (Å²) in [4.78, 5) is 30.3. The van der Waals surface area contributed by atoms with E-state index in [0.717, 1.165) is 12.0 Å². The Bertz CT molecular complexity index is 923. The van der Waals surface area contributed by atoms with Gasteiger partial charge in [0.2, 0.25) is 0 Å². The maximum atomic E-state index is 12.3. The van der Waals surface area contributed by atoms with Gasteiger partial charge in [0.15, 0.2) is 17.5 Å². The quantitative estimate of drug-likeness (QED) is 0.284. The van der Waals surface area contributed by atoms with Crippen molar-refractivity contribution in [3.8, 4) is 11.5 Å². The van der Waals surface area contributed by atoms with Gasteiger partial charge in [0.05, 0.1) is 31.9 Å². The molecule has 0 aromatic heterocycles. The number of ether oxygens (including phenoxy) is 2. The molecule has 0 spiro atoms. The van der Waals surface area contributed by atoms with Crippen molar-refractivity contribution < 1.29 is 19.1 Å². The molecule has 1 heterocycles. The lowest BCUT2D eigenvalue weighted by molar-refractivity contribution is 0.0652. The van der Waals surface area contributed by atoms with Gasteiger partial charge in [-0.25, -0.2) is 4.99 Å². The van der Waals surface area contributed by atoms with E-state index in [9.17, 15) is 9.59 Å². The van der Waals surface area contributed by atoms with E-state index in [1.54, 1.807) is 38.5 Å². The molecule has 0 aliphatic carbocycles. The van der Waals surface area contributed by atoms with Gasteiger partial charge >= 0.3 is 0 Å². The molecule has 1 aliphatic heterocycles. The van der Waals surface area contributed by atoms with Crippen molar-refractivity contribution in [2.45, 2.75) is 19.4 Å². The first-order valence-electron chi connectivity index (χ1n) is 9.75. The molecule has 30 heavy (non-hydrogen) atoms. The van der Waals surface area contributed by atoms with Crippen LogP contribution in [0.1, 0.15) is 39.1 Å². The number of benzene rings is 2. The Morgan fingerprint density at radius 2 is 1.67 bits per heavy atom. The Labute approximate surface area is 175 Å². The molecule has 1 aliphatic rings. The Morgan fingerprint density at radius 1 is 1.00 bits per heavy atom. The van der Waals surface area contributed by atoms with Crippen LogP contribution < -0.4 is 20.5 Å². The number of hydrogen-bond donors (Lipinski definition) is 2. The van der Waals surface area contributed by atoms with Gasteiger partial charge in [0.1, 0.15) is 0 Å². The number of nitrogens with two attached hydrogens (primary N) is 1. The molecule has 0 unspecified atom stereocenters. The van der Waals surface area contributed by atoms with E-state index in [0.29, 0.717) is 54.6 Å². The van der Waals surface area contributed by atoms with Crippen LogP contribution in [-0.2, 0) is 6.54 Å². The maximum absolute atomic E-state index is 12.3. The normalized spacial score (nSPS) is 13.4. The average Bonchev–Trinajstić information content (AvgIpc) is 3.02. The van der Waals surface area contributed by atoms with Crippen LogP contribution >= 0.6 is 0 Å². The second-order valence-corrected chi connectivity index (χ2v) is 6.83. The van der Waals surface area contributed by atoms with Crippen molar-refractivity contribution >= 4 is 17.8 Å². The summed E-state index contributed by atoms with van der Waals surface area (Å²) >= 11 is 0. The minimum atomic E-state index is -0.223. The summed E-state index contributed by atoms with van der Waals surface area (Å²) < 4.78 is 10.5. The molecule has 2 aromatic rings. The van der Waals surface area contributed by atoms with E-state index in [1.165, 1.54) is 4.90 Å². The molecule has 0 radical (unpaired) electrons. The average molecular weight is 410 g/mol. The summed E-state index contributed by atoms with van der Waals surface area (Å²) in [5, 5.41) is 3.05. The molecule has 158 valence electrons. The third kappa shape index (κ3) is 4.71. The molecular weight excluding hydrogens is 384 g/mol. The molecule has 3 rings (SSSR count). The summed E-state index contributed by atoms with van der Waals surface area (Å²) in [7, 11) is 3.18. The standard InChI is InChI=1S/C22H26N4O4/c1-29-18-10-9-15(13-19(18)30-2)14-25-22(23)24-11-5-6-12-26-20(27)16-7-3-4-8-17(16)21(26)28/h3-4,7-10,13H,5-6,11-12,14H2,1-2H3,(H3,23,24,25). The molecule has 3 N–H and O–H groups in total. The number of fused-ring (bicyclic) bond motifs is 1. The van der Waals surface area contributed by atoms with Crippen molar-refractivity contribution in [2.24, 2.45) is 10.7 Å². The monoisotopic (exact) mass is 410 g/mol. The van der Waals surface area contributed by atoms with Gasteiger partial charge in [-0.1, -0.05) is 18.2 Å². The highest BCUT2D eigenvalue weighted by Gasteiger charge is 2.34. The molecule has 0 bridgehead atoms. The molecular formula is C22H26N4O4. The van der Waals surface area contributed by atoms with Crippen molar-refractivity contribution in [3.63, 3.8) is 0 Å². The Balaban J connectivity index is 1.41. The van der Waals surface area contributed by atoms with Gasteiger partial charge < -0.3 is 20.5 Å². The van der Waals surface area contributed by atoms with Crippen LogP contribution in [0.25, 0.3) is 0 Å². The Morgan fingerprint density at radius 3 is 2.30 bits per heavy atom. The fourth-order valence-corrected chi connectivity index (χ4v) is 3.26. The molecule has 2 aromatic carbocycles. The predicted octanol–water partition coefficient (Wildman–Crippen LogP) is 2.18. The minimum absolute atomic E-state index is 0.223. The molecule has 2 amide bonds. The molecule has 0 saturated heterocycles. The second kappa shape index (κ2) is 9.78. The SMILES string of the molecule is COc1ccc(CN=C(N)NCCCCN2C(=O)c3ccccc3C2=O)cc1OC. The summed E-state index contributed by atoms with van der Waals surface area (Å²) in [6.07, 6.45) is 1.43. The van der Waals surface area contributed by atoms with Gasteiger partial charge in [0.25, 0.3) is 11.8 Å². The Hall–Kier alpha value is -3.55. The number of methoxy groups -OCH3 is 2. The fraction of sp³-hybridized carbons (Fsp3) is 0.318. The number of nitrogens with zero attached hydrogens (tertiary/aromatic N) is 2. The van der Waals surface area contributed by atoms with Gasteiger partial charge in [-0.05, 0) is 42.7 Å². The van der Waals surface area contributed by atoms with Crippen LogP contribution in [0.4, 0.5) is 0 Å². The third-order valence-corrected chi connectivity index (χ3v) is 4.87. The first-order valence-corrected chi connectivity index (χ1v) is 9.75.